The third-order valence-corrected chi connectivity index (χ3v) is 4.18. The predicted octanol–water partition coefficient (Wildman–Crippen LogP) is 3.98. The molecule has 0 aliphatic rings. The van der Waals surface area contributed by atoms with E-state index in [4.69, 9.17) is 11.6 Å². The van der Waals surface area contributed by atoms with Gasteiger partial charge in [0.15, 0.2) is 5.65 Å². The van der Waals surface area contributed by atoms with Crippen LogP contribution in [-0.2, 0) is 0 Å². The number of unbranched alkanes of at least 4 members (excludes halogenated alkanes) is 1. The molecular weight excluding hydrogens is 312 g/mol. The van der Waals surface area contributed by atoms with E-state index in [9.17, 15) is 4.79 Å². The number of anilines is 1. The SMILES string of the molecule is CCCCNc1nc2ncccc2c(Cl)c1C(=O)N(CC)CC. The summed E-state index contributed by atoms with van der Waals surface area (Å²) in [6.45, 7) is 8.03. The number of halogens is 1. The molecule has 2 rings (SSSR count). The Bertz CT molecular complexity index is 686. The Morgan fingerprint density at radius 1 is 1.30 bits per heavy atom. The number of rotatable bonds is 7. The molecule has 0 fully saturated rings. The largest absolute Gasteiger partial charge is 0.369 e. The molecule has 0 spiro atoms. The Labute approximate surface area is 142 Å². The Balaban J connectivity index is 2.55. The van der Waals surface area contributed by atoms with E-state index in [0.717, 1.165) is 19.4 Å². The smallest absolute Gasteiger partial charge is 0.259 e. The van der Waals surface area contributed by atoms with Crippen molar-refractivity contribution in [3.63, 3.8) is 0 Å². The number of fused-ring (bicyclic) bond motifs is 1. The Hall–Kier alpha value is -1.88. The van der Waals surface area contributed by atoms with E-state index >= 15 is 0 Å². The highest BCUT2D eigenvalue weighted by Gasteiger charge is 2.23. The molecule has 2 aromatic heterocycles. The lowest BCUT2D eigenvalue weighted by atomic mass is 10.1. The number of nitrogens with one attached hydrogen (secondary N) is 1. The van der Waals surface area contributed by atoms with Gasteiger partial charge in [0.1, 0.15) is 11.4 Å². The molecule has 0 saturated carbocycles. The van der Waals surface area contributed by atoms with Crippen molar-refractivity contribution in [2.24, 2.45) is 0 Å². The molecule has 5 nitrogen and oxygen atoms in total. The second kappa shape index (κ2) is 8.11. The molecule has 1 N–H and O–H groups in total. The van der Waals surface area contributed by atoms with Gasteiger partial charge in [0.2, 0.25) is 0 Å². The van der Waals surface area contributed by atoms with Crippen LogP contribution in [0, 0.1) is 0 Å². The minimum absolute atomic E-state index is 0.0998. The third-order valence-electron chi connectivity index (χ3n) is 3.78. The second-order valence-corrected chi connectivity index (χ2v) is 5.66. The molecule has 0 radical (unpaired) electrons. The molecule has 23 heavy (non-hydrogen) atoms. The maximum atomic E-state index is 12.9. The van der Waals surface area contributed by atoms with Crippen molar-refractivity contribution in [3.8, 4) is 0 Å². The summed E-state index contributed by atoms with van der Waals surface area (Å²) >= 11 is 6.54. The quantitative estimate of drug-likeness (QED) is 0.778. The molecule has 0 atom stereocenters. The highest BCUT2D eigenvalue weighted by molar-refractivity contribution is 6.39. The van der Waals surface area contributed by atoms with E-state index in [0.29, 0.717) is 40.5 Å². The van der Waals surface area contributed by atoms with Crippen LogP contribution in [0.4, 0.5) is 5.82 Å². The standard InChI is InChI=1S/C17H23ClN4O/c1-4-7-10-20-16-13(17(23)22(5-2)6-3)14(18)12-9-8-11-19-15(12)21-16/h8-9,11H,4-7,10H2,1-3H3,(H,19,20,21). The van der Waals surface area contributed by atoms with E-state index in [1.54, 1.807) is 17.2 Å². The molecule has 2 heterocycles. The number of hydrogen-bond acceptors (Lipinski definition) is 4. The zero-order valence-corrected chi connectivity index (χ0v) is 14.7. The van der Waals surface area contributed by atoms with Gasteiger partial charge in [-0.2, -0.15) is 0 Å². The molecular formula is C17H23ClN4O. The van der Waals surface area contributed by atoms with Gasteiger partial charge in [-0.3, -0.25) is 4.79 Å². The minimum Gasteiger partial charge on any atom is -0.369 e. The maximum absolute atomic E-state index is 12.9. The van der Waals surface area contributed by atoms with Crippen LogP contribution in [0.25, 0.3) is 11.0 Å². The fourth-order valence-electron chi connectivity index (χ4n) is 2.43. The van der Waals surface area contributed by atoms with Crippen LogP contribution < -0.4 is 5.32 Å². The van der Waals surface area contributed by atoms with Gasteiger partial charge in [0.05, 0.1) is 5.02 Å². The molecule has 0 saturated heterocycles. The molecule has 1 amide bonds. The average molecular weight is 335 g/mol. The lowest BCUT2D eigenvalue weighted by Crippen LogP contribution is -2.31. The summed E-state index contributed by atoms with van der Waals surface area (Å²) in [7, 11) is 0. The molecule has 0 unspecified atom stereocenters. The number of nitrogens with zero attached hydrogens (tertiary/aromatic N) is 3. The number of carbonyl (C=O) groups excluding carboxylic acids is 1. The van der Waals surface area contributed by atoms with Crippen LogP contribution in [-0.4, -0.2) is 40.4 Å². The molecule has 0 bridgehead atoms. The first-order valence-electron chi connectivity index (χ1n) is 8.11. The predicted molar refractivity (Wildman–Crippen MR) is 95.2 cm³/mol. The highest BCUT2D eigenvalue weighted by atomic mass is 35.5. The molecule has 0 aliphatic carbocycles. The first-order chi connectivity index (χ1) is 11.1. The minimum atomic E-state index is -0.0998. The summed E-state index contributed by atoms with van der Waals surface area (Å²) in [5.41, 5.74) is 0.986. The number of carbonyl (C=O) groups is 1. The molecule has 0 aromatic carbocycles. The number of pyridine rings is 2. The van der Waals surface area contributed by atoms with E-state index < -0.39 is 0 Å². The van der Waals surface area contributed by atoms with Gasteiger partial charge >= 0.3 is 0 Å². The van der Waals surface area contributed by atoms with Crippen LogP contribution in [0.15, 0.2) is 18.3 Å². The van der Waals surface area contributed by atoms with Gasteiger partial charge < -0.3 is 10.2 Å². The topological polar surface area (TPSA) is 58.1 Å². The maximum Gasteiger partial charge on any atom is 0.259 e. The second-order valence-electron chi connectivity index (χ2n) is 5.28. The fraction of sp³-hybridized carbons (Fsp3) is 0.471. The van der Waals surface area contributed by atoms with Crippen LogP contribution >= 0.6 is 11.6 Å². The van der Waals surface area contributed by atoms with Crippen LogP contribution in [0.2, 0.25) is 5.02 Å². The van der Waals surface area contributed by atoms with E-state index in [1.165, 1.54) is 0 Å². The first-order valence-corrected chi connectivity index (χ1v) is 8.49. The highest BCUT2D eigenvalue weighted by Crippen LogP contribution is 2.31. The third kappa shape index (κ3) is 3.72. The number of amides is 1. The van der Waals surface area contributed by atoms with Gasteiger partial charge in [0, 0.05) is 31.2 Å². The van der Waals surface area contributed by atoms with Crippen molar-refractivity contribution < 1.29 is 4.79 Å². The zero-order valence-electron chi connectivity index (χ0n) is 13.9. The summed E-state index contributed by atoms with van der Waals surface area (Å²) in [6, 6.07) is 3.64. The van der Waals surface area contributed by atoms with E-state index in [-0.39, 0.29) is 5.91 Å². The van der Waals surface area contributed by atoms with Crippen LogP contribution in [0.1, 0.15) is 44.0 Å². The average Bonchev–Trinajstić information content (AvgIpc) is 2.56. The number of hydrogen-bond donors (Lipinski definition) is 1. The number of aromatic nitrogens is 2. The Morgan fingerprint density at radius 2 is 2.04 bits per heavy atom. The van der Waals surface area contributed by atoms with Gasteiger partial charge in [-0.1, -0.05) is 24.9 Å². The van der Waals surface area contributed by atoms with Gasteiger partial charge in [-0.05, 0) is 32.4 Å². The van der Waals surface area contributed by atoms with Gasteiger partial charge in [-0.15, -0.1) is 0 Å². The normalized spacial score (nSPS) is 10.8. The lowest BCUT2D eigenvalue weighted by molar-refractivity contribution is 0.0774. The summed E-state index contributed by atoms with van der Waals surface area (Å²) in [5, 5.41) is 4.36. The molecule has 2 aromatic rings. The van der Waals surface area contributed by atoms with Crippen molar-refractivity contribution in [2.45, 2.75) is 33.6 Å². The first kappa shape index (κ1) is 17.5. The van der Waals surface area contributed by atoms with E-state index in [1.807, 2.05) is 19.9 Å². The summed E-state index contributed by atoms with van der Waals surface area (Å²) in [5.74, 6) is 0.420. The van der Waals surface area contributed by atoms with Crippen molar-refractivity contribution in [1.82, 2.24) is 14.9 Å². The van der Waals surface area contributed by atoms with Crippen LogP contribution in [0.5, 0.6) is 0 Å². The van der Waals surface area contributed by atoms with Crippen molar-refractivity contribution in [2.75, 3.05) is 25.0 Å². The van der Waals surface area contributed by atoms with E-state index in [2.05, 4.69) is 22.2 Å². The Morgan fingerprint density at radius 3 is 2.70 bits per heavy atom. The summed E-state index contributed by atoms with van der Waals surface area (Å²) < 4.78 is 0. The molecule has 0 aliphatic heterocycles. The Kier molecular flexibility index (Phi) is 6.16. The van der Waals surface area contributed by atoms with Gasteiger partial charge in [0.25, 0.3) is 5.91 Å². The fourth-order valence-corrected chi connectivity index (χ4v) is 2.75. The van der Waals surface area contributed by atoms with Crippen molar-refractivity contribution >= 4 is 34.4 Å². The lowest BCUT2D eigenvalue weighted by Gasteiger charge is -2.21. The summed E-state index contributed by atoms with van der Waals surface area (Å²) in [4.78, 5) is 23.4. The zero-order chi connectivity index (χ0) is 16.8. The van der Waals surface area contributed by atoms with Crippen molar-refractivity contribution in [1.29, 1.82) is 0 Å². The molecule has 6 heteroatoms. The molecule has 124 valence electrons. The monoisotopic (exact) mass is 334 g/mol. The summed E-state index contributed by atoms with van der Waals surface area (Å²) in [6.07, 6.45) is 3.73. The van der Waals surface area contributed by atoms with Gasteiger partial charge in [-0.25, -0.2) is 9.97 Å². The van der Waals surface area contributed by atoms with Crippen molar-refractivity contribution in [3.05, 3.63) is 28.9 Å². The van der Waals surface area contributed by atoms with Crippen LogP contribution in [0.3, 0.4) is 0 Å².